The van der Waals surface area contributed by atoms with Crippen LogP contribution in [0.4, 0.5) is 0 Å². The van der Waals surface area contributed by atoms with E-state index in [1.807, 2.05) is 25.1 Å². The Morgan fingerprint density at radius 1 is 1.48 bits per heavy atom. The summed E-state index contributed by atoms with van der Waals surface area (Å²) in [6.07, 6.45) is 2.65. The average molecular weight is 290 g/mol. The van der Waals surface area contributed by atoms with Crippen LogP contribution in [0.5, 0.6) is 0 Å². The minimum absolute atomic E-state index is 0.0655. The van der Waals surface area contributed by atoms with E-state index in [0.29, 0.717) is 19.1 Å². The van der Waals surface area contributed by atoms with Crippen LogP contribution in [0.1, 0.15) is 37.3 Å². The molecule has 1 aromatic rings. The number of rotatable bonds is 6. The van der Waals surface area contributed by atoms with Crippen molar-refractivity contribution in [3.63, 3.8) is 0 Å². The number of amides is 1. The van der Waals surface area contributed by atoms with Gasteiger partial charge in [0.15, 0.2) is 0 Å². The van der Waals surface area contributed by atoms with Crippen LogP contribution in [0.2, 0.25) is 0 Å². The van der Waals surface area contributed by atoms with Crippen LogP contribution in [0.3, 0.4) is 0 Å². The van der Waals surface area contributed by atoms with Crippen molar-refractivity contribution in [3.8, 4) is 0 Å². The van der Waals surface area contributed by atoms with Crippen molar-refractivity contribution in [2.24, 2.45) is 0 Å². The number of benzene rings is 1. The molecule has 4 nitrogen and oxygen atoms in total. The number of nitrogens with one attached hydrogen (secondary N) is 1. The summed E-state index contributed by atoms with van der Waals surface area (Å²) in [5.41, 5.74) is 2.36. The molecule has 116 valence electrons. The van der Waals surface area contributed by atoms with Gasteiger partial charge in [0, 0.05) is 12.6 Å². The van der Waals surface area contributed by atoms with E-state index in [4.69, 9.17) is 0 Å². The molecule has 1 aliphatic heterocycles. The van der Waals surface area contributed by atoms with Gasteiger partial charge >= 0.3 is 0 Å². The highest BCUT2D eigenvalue weighted by molar-refractivity contribution is 5.78. The molecule has 2 atom stereocenters. The summed E-state index contributed by atoms with van der Waals surface area (Å²) in [6, 6.07) is 8.44. The molecule has 1 saturated heterocycles. The van der Waals surface area contributed by atoms with Gasteiger partial charge in [-0.05, 0) is 50.8 Å². The largest absolute Gasteiger partial charge is 0.393 e. The number of carbonyl (C=O) groups excluding carboxylic acids is 1. The molecular formula is C17H26N2O2. The summed E-state index contributed by atoms with van der Waals surface area (Å²) in [5.74, 6) is 0.0655. The van der Waals surface area contributed by atoms with Crippen LogP contribution in [-0.4, -0.2) is 41.1 Å². The van der Waals surface area contributed by atoms with Crippen molar-refractivity contribution in [1.82, 2.24) is 10.2 Å². The Morgan fingerprint density at radius 3 is 2.95 bits per heavy atom. The van der Waals surface area contributed by atoms with Crippen LogP contribution < -0.4 is 5.32 Å². The summed E-state index contributed by atoms with van der Waals surface area (Å²) in [4.78, 5) is 14.3. The van der Waals surface area contributed by atoms with E-state index in [0.717, 1.165) is 31.4 Å². The highest BCUT2D eigenvalue weighted by Crippen LogP contribution is 2.20. The standard InChI is InChI=1S/C17H26N2O2/c1-13-6-3-4-7-15(13)11-18-17(21)12-19-9-5-8-16(19)10-14(2)20/h3-4,6-7,14,16,20H,5,8-12H2,1-2H3,(H,18,21). The minimum atomic E-state index is -0.300. The zero-order chi connectivity index (χ0) is 15.2. The van der Waals surface area contributed by atoms with Gasteiger partial charge in [0.25, 0.3) is 0 Å². The Labute approximate surface area is 127 Å². The van der Waals surface area contributed by atoms with E-state index in [2.05, 4.69) is 23.2 Å². The molecule has 0 radical (unpaired) electrons. The fourth-order valence-electron chi connectivity index (χ4n) is 3.01. The molecule has 2 N–H and O–H groups in total. The number of aryl methyl sites for hydroxylation is 1. The maximum atomic E-state index is 12.1. The van der Waals surface area contributed by atoms with Gasteiger partial charge in [0.2, 0.25) is 5.91 Å². The number of aliphatic hydroxyl groups is 1. The molecule has 4 heteroatoms. The van der Waals surface area contributed by atoms with Gasteiger partial charge < -0.3 is 10.4 Å². The summed E-state index contributed by atoms with van der Waals surface area (Å²) in [6.45, 7) is 5.84. The van der Waals surface area contributed by atoms with Crippen LogP contribution in [0, 0.1) is 6.92 Å². The average Bonchev–Trinajstić information content (AvgIpc) is 2.84. The third kappa shape index (κ3) is 4.83. The molecule has 0 aliphatic carbocycles. The van der Waals surface area contributed by atoms with Gasteiger partial charge in [0.1, 0.15) is 0 Å². The number of hydrogen-bond acceptors (Lipinski definition) is 3. The molecule has 0 aromatic heterocycles. The molecule has 2 rings (SSSR count). The molecule has 1 amide bonds. The first-order valence-corrected chi connectivity index (χ1v) is 7.79. The van der Waals surface area contributed by atoms with Gasteiger partial charge in [-0.2, -0.15) is 0 Å². The number of aliphatic hydroxyl groups excluding tert-OH is 1. The van der Waals surface area contributed by atoms with E-state index >= 15 is 0 Å². The van der Waals surface area contributed by atoms with Crippen molar-refractivity contribution in [3.05, 3.63) is 35.4 Å². The third-order valence-corrected chi connectivity index (χ3v) is 4.20. The lowest BCUT2D eigenvalue weighted by molar-refractivity contribution is -0.122. The quantitative estimate of drug-likeness (QED) is 0.840. The molecule has 1 heterocycles. The first-order valence-electron chi connectivity index (χ1n) is 7.79. The number of likely N-dealkylation sites (tertiary alicyclic amines) is 1. The van der Waals surface area contributed by atoms with Gasteiger partial charge in [-0.15, -0.1) is 0 Å². The van der Waals surface area contributed by atoms with E-state index in [1.54, 1.807) is 0 Å². The lowest BCUT2D eigenvalue weighted by Crippen LogP contribution is -2.40. The summed E-state index contributed by atoms with van der Waals surface area (Å²) < 4.78 is 0. The first-order chi connectivity index (χ1) is 10.1. The zero-order valence-electron chi connectivity index (χ0n) is 13.0. The Kier molecular flexibility index (Phi) is 5.76. The highest BCUT2D eigenvalue weighted by atomic mass is 16.3. The van der Waals surface area contributed by atoms with Gasteiger partial charge in [0.05, 0.1) is 12.6 Å². The van der Waals surface area contributed by atoms with Gasteiger partial charge in [-0.25, -0.2) is 0 Å². The minimum Gasteiger partial charge on any atom is -0.393 e. The van der Waals surface area contributed by atoms with Crippen molar-refractivity contribution < 1.29 is 9.90 Å². The maximum absolute atomic E-state index is 12.1. The summed E-state index contributed by atoms with van der Waals surface area (Å²) in [7, 11) is 0. The molecule has 0 bridgehead atoms. The van der Waals surface area contributed by atoms with E-state index in [9.17, 15) is 9.90 Å². The number of hydrogen-bond donors (Lipinski definition) is 2. The SMILES string of the molecule is Cc1ccccc1CNC(=O)CN1CCCC1CC(C)O. The maximum Gasteiger partial charge on any atom is 0.234 e. The Hall–Kier alpha value is -1.39. The van der Waals surface area contributed by atoms with Gasteiger partial charge in [-0.1, -0.05) is 24.3 Å². The third-order valence-electron chi connectivity index (χ3n) is 4.20. The molecule has 21 heavy (non-hydrogen) atoms. The topological polar surface area (TPSA) is 52.6 Å². The molecule has 0 spiro atoms. The van der Waals surface area contributed by atoms with Crippen molar-refractivity contribution >= 4 is 5.91 Å². The van der Waals surface area contributed by atoms with Crippen molar-refractivity contribution in [2.75, 3.05) is 13.1 Å². The Bertz CT molecular complexity index is 474. The second-order valence-corrected chi connectivity index (χ2v) is 6.05. The predicted octanol–water partition coefficient (Wildman–Crippen LogP) is 1.85. The molecule has 1 aliphatic rings. The summed E-state index contributed by atoms with van der Waals surface area (Å²) >= 11 is 0. The van der Waals surface area contributed by atoms with E-state index < -0.39 is 0 Å². The summed E-state index contributed by atoms with van der Waals surface area (Å²) in [5, 5.41) is 12.5. The smallest absolute Gasteiger partial charge is 0.234 e. The lowest BCUT2D eigenvalue weighted by Gasteiger charge is -2.24. The highest BCUT2D eigenvalue weighted by Gasteiger charge is 2.26. The second-order valence-electron chi connectivity index (χ2n) is 6.05. The molecule has 1 aromatic carbocycles. The van der Waals surface area contributed by atoms with Crippen LogP contribution in [0.25, 0.3) is 0 Å². The first kappa shape index (κ1) is 16.0. The van der Waals surface area contributed by atoms with Crippen LogP contribution in [-0.2, 0) is 11.3 Å². The van der Waals surface area contributed by atoms with E-state index in [1.165, 1.54) is 5.56 Å². The Morgan fingerprint density at radius 2 is 2.24 bits per heavy atom. The zero-order valence-corrected chi connectivity index (χ0v) is 13.0. The van der Waals surface area contributed by atoms with Gasteiger partial charge in [-0.3, -0.25) is 9.69 Å². The molecular weight excluding hydrogens is 264 g/mol. The van der Waals surface area contributed by atoms with Crippen LogP contribution >= 0.6 is 0 Å². The normalized spacial score (nSPS) is 20.4. The Balaban J connectivity index is 1.80. The number of nitrogens with zero attached hydrogens (tertiary/aromatic N) is 1. The molecule has 1 fully saturated rings. The molecule has 0 saturated carbocycles. The fraction of sp³-hybridized carbons (Fsp3) is 0.588. The predicted molar refractivity (Wildman–Crippen MR) is 83.9 cm³/mol. The molecule has 2 unspecified atom stereocenters. The lowest BCUT2D eigenvalue weighted by atomic mass is 10.1. The monoisotopic (exact) mass is 290 g/mol. The fourth-order valence-corrected chi connectivity index (χ4v) is 3.01. The number of carbonyl (C=O) groups is 1. The van der Waals surface area contributed by atoms with Crippen LogP contribution in [0.15, 0.2) is 24.3 Å². The van der Waals surface area contributed by atoms with E-state index in [-0.39, 0.29) is 12.0 Å². The second kappa shape index (κ2) is 7.57. The van der Waals surface area contributed by atoms with Crippen molar-refractivity contribution in [2.45, 2.75) is 51.8 Å². The van der Waals surface area contributed by atoms with Crippen molar-refractivity contribution in [1.29, 1.82) is 0 Å².